The third-order valence-corrected chi connectivity index (χ3v) is 1.92. The summed E-state index contributed by atoms with van der Waals surface area (Å²) in [6.07, 6.45) is 1.87. The Kier molecular flexibility index (Phi) is 2.95. The minimum atomic E-state index is -1.12. The largest absolute Gasteiger partial charge is 0.478 e. The molecule has 0 bridgehead atoms. The number of aromatic nitrogens is 2. The highest BCUT2D eigenvalue weighted by atomic mass is 19.1. The minimum absolute atomic E-state index is 0.0135. The zero-order valence-electron chi connectivity index (χ0n) is 8.50. The van der Waals surface area contributed by atoms with Crippen molar-refractivity contribution in [1.29, 1.82) is 0 Å². The quantitative estimate of drug-likeness (QED) is 0.880. The maximum atomic E-state index is 12.6. The number of nitrogens with zero attached hydrogens (tertiary/aromatic N) is 2. The number of aromatic carboxylic acids is 1. The van der Waals surface area contributed by atoms with E-state index in [1.165, 1.54) is 12.1 Å². The van der Waals surface area contributed by atoms with E-state index in [0.29, 0.717) is 0 Å². The van der Waals surface area contributed by atoms with Gasteiger partial charge in [-0.05, 0) is 12.1 Å². The number of carboxylic acid groups (broad SMARTS) is 1. The fraction of sp³-hybridized carbons (Fsp3) is 0. The highest BCUT2D eigenvalue weighted by Crippen LogP contribution is 2.22. The molecule has 0 atom stereocenters. The van der Waals surface area contributed by atoms with Crippen LogP contribution in [0.2, 0.25) is 0 Å². The average Bonchev–Trinajstić information content (AvgIpc) is 2.32. The SMILES string of the molecule is O=C(O)c1ccccc1Oc1ncc(F)cn1. The monoisotopic (exact) mass is 234 g/mol. The van der Waals surface area contributed by atoms with E-state index < -0.39 is 11.8 Å². The summed E-state index contributed by atoms with van der Waals surface area (Å²) in [7, 11) is 0. The number of hydrogen-bond acceptors (Lipinski definition) is 4. The van der Waals surface area contributed by atoms with Crippen LogP contribution in [0.25, 0.3) is 0 Å². The third-order valence-electron chi connectivity index (χ3n) is 1.92. The topological polar surface area (TPSA) is 72.3 Å². The molecular formula is C11H7FN2O3. The first-order valence-corrected chi connectivity index (χ1v) is 4.64. The zero-order valence-corrected chi connectivity index (χ0v) is 8.50. The molecule has 1 aromatic heterocycles. The van der Waals surface area contributed by atoms with Gasteiger partial charge in [0.15, 0.2) is 5.82 Å². The molecule has 86 valence electrons. The van der Waals surface area contributed by atoms with Crippen LogP contribution < -0.4 is 4.74 Å². The van der Waals surface area contributed by atoms with E-state index in [9.17, 15) is 9.18 Å². The molecule has 0 radical (unpaired) electrons. The van der Waals surface area contributed by atoms with Gasteiger partial charge in [-0.25, -0.2) is 19.2 Å². The van der Waals surface area contributed by atoms with Crippen LogP contribution in [0.3, 0.4) is 0 Å². The summed E-state index contributed by atoms with van der Waals surface area (Å²) >= 11 is 0. The van der Waals surface area contributed by atoms with Crippen molar-refractivity contribution in [3.05, 3.63) is 48.0 Å². The van der Waals surface area contributed by atoms with E-state index in [4.69, 9.17) is 9.84 Å². The van der Waals surface area contributed by atoms with Crippen molar-refractivity contribution in [3.8, 4) is 11.8 Å². The second kappa shape index (κ2) is 4.56. The zero-order chi connectivity index (χ0) is 12.3. The summed E-state index contributed by atoms with van der Waals surface area (Å²) in [6.45, 7) is 0. The summed E-state index contributed by atoms with van der Waals surface area (Å²) in [4.78, 5) is 18.0. The van der Waals surface area contributed by atoms with Crippen molar-refractivity contribution < 1.29 is 19.0 Å². The minimum Gasteiger partial charge on any atom is -0.478 e. The van der Waals surface area contributed by atoms with Crippen LogP contribution in [0.4, 0.5) is 4.39 Å². The van der Waals surface area contributed by atoms with E-state index in [1.807, 2.05) is 0 Å². The summed E-state index contributed by atoms with van der Waals surface area (Å²) in [5.41, 5.74) is -0.0135. The van der Waals surface area contributed by atoms with Crippen LogP contribution in [0, 0.1) is 5.82 Å². The molecule has 0 aliphatic heterocycles. The first-order chi connectivity index (χ1) is 8.16. The van der Waals surface area contributed by atoms with E-state index >= 15 is 0 Å². The van der Waals surface area contributed by atoms with Crippen molar-refractivity contribution >= 4 is 5.97 Å². The van der Waals surface area contributed by atoms with Crippen LogP contribution in [0.15, 0.2) is 36.7 Å². The van der Waals surface area contributed by atoms with Gasteiger partial charge in [0, 0.05) is 0 Å². The average molecular weight is 234 g/mol. The molecule has 0 aliphatic carbocycles. The molecule has 2 aromatic rings. The number of carboxylic acids is 1. The molecule has 0 aliphatic rings. The van der Waals surface area contributed by atoms with E-state index in [1.54, 1.807) is 12.1 Å². The Labute approximate surface area is 95.5 Å². The van der Waals surface area contributed by atoms with Crippen molar-refractivity contribution in [2.24, 2.45) is 0 Å². The Balaban J connectivity index is 2.30. The summed E-state index contributed by atoms with van der Waals surface area (Å²) in [5, 5.41) is 8.91. The van der Waals surface area contributed by atoms with Gasteiger partial charge >= 0.3 is 12.0 Å². The van der Waals surface area contributed by atoms with Gasteiger partial charge in [-0.3, -0.25) is 0 Å². The Morgan fingerprint density at radius 2 is 1.88 bits per heavy atom. The number of halogens is 1. The van der Waals surface area contributed by atoms with Crippen LogP contribution in [-0.2, 0) is 0 Å². The number of benzene rings is 1. The lowest BCUT2D eigenvalue weighted by Gasteiger charge is -2.05. The van der Waals surface area contributed by atoms with Gasteiger partial charge in [0.1, 0.15) is 11.3 Å². The third kappa shape index (κ3) is 2.54. The lowest BCUT2D eigenvalue weighted by molar-refractivity contribution is 0.0694. The number of ether oxygens (including phenoxy) is 1. The molecule has 1 N–H and O–H groups in total. The van der Waals surface area contributed by atoms with E-state index in [0.717, 1.165) is 12.4 Å². The molecule has 6 heteroatoms. The number of hydrogen-bond donors (Lipinski definition) is 1. The fourth-order valence-corrected chi connectivity index (χ4v) is 1.18. The van der Waals surface area contributed by atoms with Gasteiger partial charge in [-0.1, -0.05) is 12.1 Å². The molecule has 5 nitrogen and oxygen atoms in total. The number of rotatable bonds is 3. The van der Waals surface area contributed by atoms with Gasteiger partial charge in [0.05, 0.1) is 12.4 Å². The normalized spacial score (nSPS) is 9.94. The van der Waals surface area contributed by atoms with Crippen LogP contribution in [0.1, 0.15) is 10.4 Å². The number of carbonyl (C=O) groups is 1. The molecule has 0 amide bonds. The summed E-state index contributed by atoms with van der Waals surface area (Å²) in [6, 6.07) is 5.94. The lowest BCUT2D eigenvalue weighted by Crippen LogP contribution is -2.01. The summed E-state index contributed by atoms with van der Waals surface area (Å²) < 4.78 is 17.7. The van der Waals surface area contributed by atoms with Crippen LogP contribution in [0.5, 0.6) is 11.8 Å². The fourth-order valence-electron chi connectivity index (χ4n) is 1.18. The second-order valence-corrected chi connectivity index (χ2v) is 3.09. The summed E-state index contributed by atoms with van der Waals surface area (Å²) in [5.74, 6) is -1.61. The molecule has 0 fully saturated rings. The van der Waals surface area contributed by atoms with Gasteiger partial charge in [0.25, 0.3) is 0 Å². The van der Waals surface area contributed by atoms with Crippen LogP contribution in [-0.4, -0.2) is 21.0 Å². The van der Waals surface area contributed by atoms with Crippen molar-refractivity contribution in [1.82, 2.24) is 9.97 Å². The van der Waals surface area contributed by atoms with E-state index in [2.05, 4.69) is 9.97 Å². The Morgan fingerprint density at radius 1 is 1.24 bits per heavy atom. The Bertz CT molecular complexity index is 543. The molecule has 0 unspecified atom stereocenters. The van der Waals surface area contributed by atoms with Crippen molar-refractivity contribution in [2.45, 2.75) is 0 Å². The number of para-hydroxylation sites is 1. The second-order valence-electron chi connectivity index (χ2n) is 3.09. The molecule has 0 saturated carbocycles. The van der Waals surface area contributed by atoms with Crippen LogP contribution >= 0.6 is 0 Å². The van der Waals surface area contributed by atoms with E-state index in [-0.39, 0.29) is 17.3 Å². The smallest absolute Gasteiger partial charge is 0.339 e. The molecule has 1 aromatic carbocycles. The van der Waals surface area contributed by atoms with Crippen molar-refractivity contribution in [3.63, 3.8) is 0 Å². The Hall–Kier alpha value is -2.50. The van der Waals surface area contributed by atoms with Gasteiger partial charge in [-0.2, -0.15) is 0 Å². The maximum absolute atomic E-state index is 12.6. The highest BCUT2D eigenvalue weighted by Gasteiger charge is 2.11. The molecule has 17 heavy (non-hydrogen) atoms. The molecule has 0 spiro atoms. The predicted octanol–water partition coefficient (Wildman–Crippen LogP) is 2.11. The van der Waals surface area contributed by atoms with Gasteiger partial charge < -0.3 is 9.84 Å². The first-order valence-electron chi connectivity index (χ1n) is 4.64. The standard InChI is InChI=1S/C11H7FN2O3/c12-7-5-13-11(14-6-7)17-9-4-2-1-3-8(9)10(15)16/h1-6H,(H,15,16). The predicted molar refractivity (Wildman–Crippen MR) is 55.5 cm³/mol. The highest BCUT2D eigenvalue weighted by molar-refractivity contribution is 5.90. The van der Waals surface area contributed by atoms with Crippen molar-refractivity contribution in [2.75, 3.05) is 0 Å². The van der Waals surface area contributed by atoms with Gasteiger partial charge in [-0.15, -0.1) is 0 Å². The van der Waals surface area contributed by atoms with Gasteiger partial charge in [0.2, 0.25) is 0 Å². The molecule has 1 heterocycles. The maximum Gasteiger partial charge on any atom is 0.339 e. The first kappa shape index (κ1) is 11.0. The Morgan fingerprint density at radius 3 is 2.53 bits per heavy atom. The molecule has 2 rings (SSSR count). The lowest BCUT2D eigenvalue weighted by atomic mass is 10.2. The molecular weight excluding hydrogens is 227 g/mol. The molecule has 0 saturated heterocycles.